The summed E-state index contributed by atoms with van der Waals surface area (Å²) in [5, 5.41) is 35.6. The van der Waals surface area contributed by atoms with Crippen LogP contribution in [0.25, 0.3) is 49.9 Å². The number of benzene rings is 6. The smallest absolute Gasteiger partial charge is 0.336 e. The molecular formula is C46H35F2N5O7. The number of nitrogens with one attached hydrogen (secondary N) is 3. The Labute approximate surface area is 340 Å². The van der Waals surface area contributed by atoms with Gasteiger partial charge in [-0.1, -0.05) is 69.3 Å². The fourth-order valence-electron chi connectivity index (χ4n) is 6.99. The molecule has 60 heavy (non-hydrogen) atoms. The Morgan fingerprint density at radius 3 is 2.35 bits per heavy atom. The molecule has 6 aromatic rings. The molecule has 0 bridgehead atoms. The number of aromatic carboxylic acids is 1. The van der Waals surface area contributed by atoms with Crippen LogP contribution in [0.2, 0.25) is 0 Å². The maximum Gasteiger partial charge on any atom is 0.336 e. The minimum Gasteiger partial charge on any atom is -0.505 e. The van der Waals surface area contributed by atoms with Crippen molar-refractivity contribution in [2.24, 2.45) is 0 Å². The minimum atomic E-state index is -1.40. The highest BCUT2D eigenvalue weighted by Gasteiger charge is 2.26. The molecule has 0 spiro atoms. The zero-order chi connectivity index (χ0) is 42.5. The van der Waals surface area contributed by atoms with Crippen LogP contribution in [-0.4, -0.2) is 37.9 Å². The summed E-state index contributed by atoms with van der Waals surface area (Å²) in [6.07, 6.45) is 0. The van der Waals surface area contributed by atoms with Gasteiger partial charge in [-0.2, -0.15) is 5.10 Å². The van der Waals surface area contributed by atoms with E-state index in [9.17, 15) is 38.2 Å². The molecule has 1 aliphatic carbocycles. The number of rotatable bonds is 8. The van der Waals surface area contributed by atoms with E-state index in [2.05, 4.69) is 16.0 Å². The molecule has 2 heterocycles. The molecule has 300 valence electrons. The molecular weight excluding hydrogens is 773 g/mol. The topological polar surface area (TPSA) is 176 Å². The largest absolute Gasteiger partial charge is 0.505 e. The van der Waals surface area contributed by atoms with E-state index in [1.807, 2.05) is 63.2 Å². The first kappa shape index (κ1) is 39.0. The number of fused-ring (bicyclic) bond motifs is 3. The van der Waals surface area contributed by atoms with Crippen molar-refractivity contribution in [1.29, 1.82) is 0 Å². The van der Waals surface area contributed by atoms with Gasteiger partial charge in [0.2, 0.25) is 5.43 Å². The number of halogens is 2. The van der Waals surface area contributed by atoms with Crippen molar-refractivity contribution in [3.8, 4) is 33.9 Å². The van der Waals surface area contributed by atoms with Gasteiger partial charge in [0.05, 0.1) is 22.6 Å². The summed E-state index contributed by atoms with van der Waals surface area (Å²) in [7, 11) is 0. The lowest BCUT2D eigenvalue weighted by Crippen LogP contribution is -2.23. The van der Waals surface area contributed by atoms with Crippen molar-refractivity contribution in [3.63, 3.8) is 0 Å². The van der Waals surface area contributed by atoms with Crippen molar-refractivity contribution < 1.29 is 37.8 Å². The van der Waals surface area contributed by atoms with Crippen LogP contribution >= 0.6 is 0 Å². The number of amides is 3. The van der Waals surface area contributed by atoms with E-state index >= 15 is 0 Å². The number of aromatic hydroxyl groups is 1. The number of nitrogens with zero attached hydrogens (tertiary/aromatic N) is 2. The summed E-state index contributed by atoms with van der Waals surface area (Å²) < 4.78 is 36.8. The van der Waals surface area contributed by atoms with Gasteiger partial charge in [0.1, 0.15) is 17.2 Å². The lowest BCUT2D eigenvalue weighted by Gasteiger charge is -2.18. The molecule has 0 saturated heterocycles. The average molecular weight is 808 g/mol. The minimum absolute atomic E-state index is 0.0124. The number of carboxylic acids is 1. The van der Waals surface area contributed by atoms with E-state index in [0.717, 1.165) is 35.0 Å². The highest BCUT2D eigenvalue weighted by Crippen LogP contribution is 2.43. The lowest BCUT2D eigenvalue weighted by atomic mass is 9.89. The molecule has 14 heteroatoms. The van der Waals surface area contributed by atoms with E-state index in [1.54, 1.807) is 35.0 Å². The Bertz CT molecular complexity index is 3070. The Balaban J connectivity index is 1.09. The number of carbonyl (C=O) groups is 3. The van der Waals surface area contributed by atoms with E-state index in [0.29, 0.717) is 28.5 Å². The zero-order valence-corrected chi connectivity index (χ0v) is 32.3. The Morgan fingerprint density at radius 1 is 0.800 bits per heavy atom. The highest BCUT2D eigenvalue weighted by molar-refractivity contribution is 6.09. The molecule has 0 fully saturated rings. The van der Waals surface area contributed by atoms with E-state index in [1.165, 1.54) is 18.2 Å². The third-order valence-corrected chi connectivity index (χ3v) is 9.99. The fraction of sp³-hybridized carbons (Fsp3) is 0.109. The third-order valence-electron chi connectivity index (χ3n) is 9.99. The number of phenols is 1. The molecule has 3 amide bonds. The van der Waals surface area contributed by atoms with Crippen LogP contribution in [0.4, 0.5) is 25.1 Å². The highest BCUT2D eigenvalue weighted by atomic mass is 19.1. The van der Waals surface area contributed by atoms with Gasteiger partial charge in [0, 0.05) is 57.6 Å². The second-order valence-electron chi connectivity index (χ2n) is 15.2. The number of carboxylic acid groups (broad SMARTS) is 1. The zero-order valence-electron chi connectivity index (χ0n) is 32.3. The molecule has 0 saturated carbocycles. The predicted octanol–water partition coefficient (Wildman–Crippen LogP) is 9.46. The lowest BCUT2D eigenvalue weighted by molar-refractivity contribution is 0.0697. The molecule has 2 aliphatic rings. The van der Waals surface area contributed by atoms with Crippen molar-refractivity contribution in [3.05, 3.63) is 160 Å². The van der Waals surface area contributed by atoms with Gasteiger partial charge in [-0.25, -0.2) is 23.1 Å². The number of phenolic OH excluding ortho intramolecular Hbond substituents is 1. The molecule has 1 aliphatic heterocycles. The van der Waals surface area contributed by atoms with Crippen molar-refractivity contribution in [1.82, 2.24) is 15.1 Å². The maximum atomic E-state index is 14.8. The summed E-state index contributed by atoms with van der Waals surface area (Å²) in [5.74, 6) is -4.76. The SMILES string of the molecule is CC(C)(C)c1cc(NC(=O)Nc2cccc3ccccc23)n(-c2cccc(CNC(=O)c3ccc(C(=O)O)c(-c4c5cc(F)c(=O)cc-5oc5cc(O)c(F)cc45)c3)c2)n1. The Hall–Kier alpha value is -7.87. The summed E-state index contributed by atoms with van der Waals surface area (Å²) in [6, 6.07) is 29.2. The normalized spacial score (nSPS) is 11.6. The maximum absolute atomic E-state index is 14.8. The van der Waals surface area contributed by atoms with Crippen LogP contribution in [0.15, 0.2) is 124 Å². The number of carbonyl (C=O) groups excluding carboxylic acids is 2. The molecule has 12 nitrogen and oxygen atoms in total. The van der Waals surface area contributed by atoms with Crippen LogP contribution in [-0.2, 0) is 12.0 Å². The number of hydrogen-bond donors (Lipinski definition) is 5. The second kappa shape index (κ2) is 15.1. The van der Waals surface area contributed by atoms with Gasteiger partial charge in [-0.3, -0.25) is 14.9 Å². The number of urea groups is 1. The Morgan fingerprint density at radius 2 is 1.57 bits per heavy atom. The molecule has 0 unspecified atom stereocenters. The van der Waals surface area contributed by atoms with Crippen LogP contribution in [0, 0.1) is 11.6 Å². The molecule has 5 N–H and O–H groups in total. The summed E-state index contributed by atoms with van der Waals surface area (Å²) in [4.78, 5) is 51.9. The number of hydrogen-bond acceptors (Lipinski definition) is 7. The fourth-order valence-corrected chi connectivity index (χ4v) is 6.99. The predicted molar refractivity (Wildman–Crippen MR) is 223 cm³/mol. The van der Waals surface area contributed by atoms with Gasteiger partial charge >= 0.3 is 12.0 Å². The Kier molecular flexibility index (Phi) is 9.83. The van der Waals surface area contributed by atoms with E-state index < -0.39 is 40.7 Å². The van der Waals surface area contributed by atoms with Gasteiger partial charge in [0.15, 0.2) is 17.4 Å². The summed E-state index contributed by atoms with van der Waals surface area (Å²) in [6.45, 7) is 6.02. The van der Waals surface area contributed by atoms with Crippen LogP contribution in [0.1, 0.15) is 52.7 Å². The summed E-state index contributed by atoms with van der Waals surface area (Å²) >= 11 is 0. The van der Waals surface area contributed by atoms with Crippen LogP contribution in [0.5, 0.6) is 5.75 Å². The van der Waals surface area contributed by atoms with Gasteiger partial charge in [-0.05, 0) is 65.0 Å². The third kappa shape index (κ3) is 7.49. The monoisotopic (exact) mass is 807 g/mol. The van der Waals surface area contributed by atoms with E-state index in [4.69, 9.17) is 9.52 Å². The molecule has 1 aromatic heterocycles. The first-order valence-corrected chi connectivity index (χ1v) is 18.6. The van der Waals surface area contributed by atoms with Crippen molar-refractivity contribution in [2.45, 2.75) is 32.7 Å². The second-order valence-corrected chi connectivity index (χ2v) is 15.2. The average Bonchev–Trinajstić information content (AvgIpc) is 3.65. The number of aromatic nitrogens is 2. The molecule has 8 rings (SSSR count). The first-order chi connectivity index (χ1) is 28.6. The van der Waals surface area contributed by atoms with Crippen molar-refractivity contribution >= 4 is 51.2 Å². The molecule has 0 atom stereocenters. The first-order valence-electron chi connectivity index (χ1n) is 18.6. The molecule has 5 aromatic carbocycles. The quantitative estimate of drug-likeness (QED) is 0.0944. The van der Waals surface area contributed by atoms with Crippen molar-refractivity contribution in [2.75, 3.05) is 10.6 Å². The van der Waals surface area contributed by atoms with Gasteiger partial charge in [-0.15, -0.1) is 0 Å². The van der Waals surface area contributed by atoms with E-state index in [-0.39, 0.29) is 56.5 Å². The standard InChI is InChI=1S/C46H35F2N5O7/c1-46(2,3)40-22-41(51-45(59)50-35-13-7-10-25-9-4-5-12-28(25)35)53(52-40)27-11-6-8-24(16-27)23-49-43(56)26-14-15-29(44(57)58)30(17-26)42-31-18-33(47)36(54)20-38(31)60-39-21-37(55)34(48)19-32(39)42/h4-22,54H,23H2,1-3H3,(H,49,56)(H,57,58)(H2,50,51,59). The van der Waals surface area contributed by atoms with Gasteiger partial charge in [0.25, 0.3) is 5.91 Å². The van der Waals surface area contributed by atoms with Gasteiger partial charge < -0.3 is 25.3 Å². The van der Waals surface area contributed by atoms with Crippen LogP contribution < -0.4 is 21.4 Å². The van der Waals surface area contributed by atoms with Crippen LogP contribution in [0.3, 0.4) is 0 Å². The number of anilines is 2. The summed E-state index contributed by atoms with van der Waals surface area (Å²) in [5.41, 5.74) is 0.615. The molecule has 0 radical (unpaired) electrons.